The maximum Gasteiger partial charge on any atom is 0.257 e. The van der Waals surface area contributed by atoms with Gasteiger partial charge in [0.15, 0.2) is 0 Å². The lowest BCUT2D eigenvalue weighted by molar-refractivity contribution is 0.0949. The third kappa shape index (κ3) is 4.23. The molecule has 0 bridgehead atoms. The van der Waals surface area contributed by atoms with Gasteiger partial charge < -0.3 is 16.4 Å². The van der Waals surface area contributed by atoms with E-state index in [-0.39, 0.29) is 33.2 Å². The molecule has 4 N–H and O–H groups in total. The van der Waals surface area contributed by atoms with Gasteiger partial charge in [0.05, 0.1) is 27.6 Å². The Balaban J connectivity index is 1.36. The number of hydrogen-bond donors (Lipinski definition) is 3. The van der Waals surface area contributed by atoms with Crippen molar-refractivity contribution < 1.29 is 18.0 Å². The van der Waals surface area contributed by atoms with Crippen LogP contribution in [-0.2, 0) is 22.9 Å². The molecule has 5 rings (SSSR count). The van der Waals surface area contributed by atoms with Crippen molar-refractivity contribution in [3.63, 3.8) is 0 Å². The number of nitrogens with two attached hydrogens (primary N) is 1. The van der Waals surface area contributed by atoms with E-state index in [1.54, 1.807) is 18.3 Å². The van der Waals surface area contributed by atoms with Gasteiger partial charge in [0, 0.05) is 28.7 Å². The molecular weight excluding hydrogens is 484 g/mol. The summed E-state index contributed by atoms with van der Waals surface area (Å²) in [6.45, 7) is 0.645. The Kier molecular flexibility index (Phi) is 5.93. The Bertz CT molecular complexity index is 1580. The van der Waals surface area contributed by atoms with Crippen LogP contribution >= 0.6 is 11.3 Å². The second-order valence-corrected chi connectivity index (χ2v) is 10.8. The van der Waals surface area contributed by atoms with Crippen molar-refractivity contribution in [3.05, 3.63) is 94.5 Å². The molecule has 0 radical (unpaired) electrons. The van der Waals surface area contributed by atoms with Gasteiger partial charge in [-0.3, -0.25) is 9.59 Å². The average molecular weight is 505 g/mol. The summed E-state index contributed by atoms with van der Waals surface area (Å²) in [7, 11) is -3.93. The lowest BCUT2D eigenvalue weighted by Gasteiger charge is -2.10. The number of amides is 2. The van der Waals surface area contributed by atoms with Gasteiger partial charge in [0.2, 0.25) is 9.84 Å². The van der Waals surface area contributed by atoms with E-state index in [1.807, 2.05) is 24.3 Å². The highest BCUT2D eigenvalue weighted by atomic mass is 32.2. The fourth-order valence-corrected chi connectivity index (χ4v) is 6.39. The van der Waals surface area contributed by atoms with Gasteiger partial charge in [-0.05, 0) is 35.9 Å². The number of fused-ring (bicyclic) bond motifs is 2. The highest BCUT2D eigenvalue weighted by Gasteiger charge is 2.31. The van der Waals surface area contributed by atoms with Crippen molar-refractivity contribution in [1.82, 2.24) is 10.3 Å². The zero-order chi connectivity index (χ0) is 24.6. The molecule has 0 saturated heterocycles. The molecule has 2 amide bonds. The molecule has 10 heteroatoms. The molecule has 0 atom stereocenters. The summed E-state index contributed by atoms with van der Waals surface area (Å²) in [5.41, 5.74) is 8.12. The smallest absolute Gasteiger partial charge is 0.257 e. The van der Waals surface area contributed by atoms with Crippen molar-refractivity contribution in [2.24, 2.45) is 5.73 Å². The van der Waals surface area contributed by atoms with E-state index in [4.69, 9.17) is 5.73 Å². The minimum atomic E-state index is -3.93. The van der Waals surface area contributed by atoms with Crippen LogP contribution in [0.25, 0.3) is 10.6 Å². The summed E-state index contributed by atoms with van der Waals surface area (Å²) >= 11 is 1.45. The first-order chi connectivity index (χ1) is 16.9. The van der Waals surface area contributed by atoms with Crippen molar-refractivity contribution in [3.8, 4) is 10.6 Å². The number of rotatable bonds is 5. The fourth-order valence-electron chi connectivity index (χ4n) is 3.89. The van der Waals surface area contributed by atoms with E-state index in [0.29, 0.717) is 6.54 Å². The maximum atomic E-state index is 13.1. The SMILES string of the molecule is NCc1ccccc1-c1ncc(CNC(=O)c2ccc3c(c2)NC(=O)c2ccccc2S3(=O)=O)s1. The van der Waals surface area contributed by atoms with Crippen LogP contribution < -0.4 is 16.4 Å². The number of aromatic nitrogens is 1. The summed E-state index contributed by atoms with van der Waals surface area (Å²) in [5.74, 6) is -0.950. The molecule has 2 heterocycles. The van der Waals surface area contributed by atoms with Crippen LogP contribution in [0.3, 0.4) is 0 Å². The van der Waals surface area contributed by atoms with Crippen molar-refractivity contribution in [2.45, 2.75) is 22.9 Å². The standard InChI is InChI=1S/C25H20N4O4S2/c26-12-16-5-1-2-6-18(16)25-28-14-17(34-25)13-27-23(30)15-9-10-22-20(11-15)29-24(31)19-7-3-4-8-21(19)35(22,32)33/h1-11,14H,12-13,26H2,(H,27,30)(H,29,31). The van der Waals surface area contributed by atoms with Crippen LogP contribution in [0, 0.1) is 0 Å². The maximum absolute atomic E-state index is 13.1. The monoisotopic (exact) mass is 504 g/mol. The molecule has 3 aromatic carbocycles. The van der Waals surface area contributed by atoms with Gasteiger partial charge in [0.25, 0.3) is 11.8 Å². The van der Waals surface area contributed by atoms with Crippen molar-refractivity contribution in [1.29, 1.82) is 0 Å². The van der Waals surface area contributed by atoms with E-state index in [2.05, 4.69) is 15.6 Å². The molecule has 1 aromatic heterocycles. The second-order valence-electron chi connectivity index (χ2n) is 7.84. The Morgan fingerprint density at radius 1 is 1.00 bits per heavy atom. The topological polar surface area (TPSA) is 131 Å². The Morgan fingerprint density at radius 3 is 2.54 bits per heavy atom. The molecule has 0 aliphatic carbocycles. The number of benzene rings is 3. The number of nitrogens with one attached hydrogen (secondary N) is 2. The molecule has 35 heavy (non-hydrogen) atoms. The molecule has 0 unspecified atom stereocenters. The molecule has 0 saturated carbocycles. The largest absolute Gasteiger partial charge is 0.347 e. The molecule has 176 valence electrons. The highest BCUT2D eigenvalue weighted by molar-refractivity contribution is 7.91. The predicted molar refractivity (Wildman–Crippen MR) is 133 cm³/mol. The van der Waals surface area contributed by atoms with Crippen LogP contribution in [0.2, 0.25) is 0 Å². The minimum Gasteiger partial charge on any atom is -0.347 e. The zero-order valence-corrected chi connectivity index (χ0v) is 19.9. The van der Waals surface area contributed by atoms with Gasteiger partial charge in [0.1, 0.15) is 5.01 Å². The van der Waals surface area contributed by atoms with E-state index >= 15 is 0 Å². The average Bonchev–Trinajstić information content (AvgIpc) is 3.33. The molecule has 0 spiro atoms. The fraction of sp³-hybridized carbons (Fsp3) is 0.0800. The van der Waals surface area contributed by atoms with E-state index < -0.39 is 21.7 Å². The van der Waals surface area contributed by atoms with Crippen LogP contribution in [0.1, 0.15) is 31.2 Å². The lowest BCUT2D eigenvalue weighted by atomic mass is 10.1. The zero-order valence-electron chi connectivity index (χ0n) is 18.3. The molecule has 4 aromatic rings. The van der Waals surface area contributed by atoms with Crippen molar-refractivity contribution in [2.75, 3.05) is 5.32 Å². The minimum absolute atomic E-state index is 0.0574. The number of thiazole rings is 1. The third-order valence-corrected chi connectivity index (χ3v) is 8.55. The number of nitrogens with zero attached hydrogens (tertiary/aromatic N) is 1. The Labute approximate surface area is 205 Å². The lowest BCUT2D eigenvalue weighted by Crippen LogP contribution is -2.22. The highest BCUT2D eigenvalue weighted by Crippen LogP contribution is 2.34. The van der Waals surface area contributed by atoms with Crippen LogP contribution in [-0.4, -0.2) is 25.2 Å². The first-order valence-corrected chi connectivity index (χ1v) is 13.0. The number of carbonyl (C=O) groups excluding carboxylic acids is 2. The molecule has 0 fully saturated rings. The Hall–Kier alpha value is -3.86. The molecule has 1 aliphatic rings. The van der Waals surface area contributed by atoms with Crippen molar-refractivity contribution >= 4 is 38.7 Å². The van der Waals surface area contributed by atoms with Crippen LogP contribution in [0.15, 0.2) is 82.7 Å². The summed E-state index contributed by atoms with van der Waals surface area (Å²) < 4.78 is 26.2. The van der Waals surface area contributed by atoms with Gasteiger partial charge in [-0.1, -0.05) is 36.4 Å². The van der Waals surface area contributed by atoms with Gasteiger partial charge in [-0.15, -0.1) is 11.3 Å². The number of sulfone groups is 1. The predicted octanol–water partition coefficient (Wildman–Crippen LogP) is 3.60. The first-order valence-electron chi connectivity index (χ1n) is 10.7. The van der Waals surface area contributed by atoms with E-state index in [0.717, 1.165) is 21.0 Å². The van der Waals surface area contributed by atoms with Gasteiger partial charge in [-0.2, -0.15) is 0 Å². The summed E-state index contributed by atoms with van der Waals surface area (Å²) in [6.07, 6.45) is 1.70. The van der Waals surface area contributed by atoms with Crippen LogP contribution in [0.5, 0.6) is 0 Å². The number of anilines is 1. The molecule has 1 aliphatic heterocycles. The normalized spacial score (nSPS) is 13.8. The molecule has 8 nitrogen and oxygen atoms in total. The summed E-state index contributed by atoms with van der Waals surface area (Å²) in [6, 6.07) is 17.9. The van der Waals surface area contributed by atoms with Gasteiger partial charge >= 0.3 is 0 Å². The first kappa shape index (κ1) is 22.9. The Morgan fingerprint density at radius 2 is 1.74 bits per heavy atom. The van der Waals surface area contributed by atoms with E-state index in [9.17, 15) is 18.0 Å². The summed E-state index contributed by atoms with van der Waals surface area (Å²) in [4.78, 5) is 30.6. The van der Waals surface area contributed by atoms with Gasteiger partial charge in [-0.25, -0.2) is 13.4 Å². The summed E-state index contributed by atoms with van der Waals surface area (Å²) in [5, 5.41) is 6.26. The quantitative estimate of drug-likeness (QED) is 0.381. The second kappa shape index (κ2) is 9.06. The number of hydrogen-bond acceptors (Lipinski definition) is 7. The number of carbonyl (C=O) groups is 2. The third-order valence-electron chi connectivity index (χ3n) is 5.65. The molecular formula is C25H20N4O4S2. The van der Waals surface area contributed by atoms with E-state index in [1.165, 1.54) is 41.7 Å². The van der Waals surface area contributed by atoms with Crippen LogP contribution in [0.4, 0.5) is 5.69 Å².